The number of carbonyl (C=O) groups is 3. The summed E-state index contributed by atoms with van der Waals surface area (Å²) in [5.74, 6) is -4.88. The van der Waals surface area contributed by atoms with E-state index in [1.54, 1.807) is 48.5 Å². The second-order valence-electron chi connectivity index (χ2n) is 13.5. The van der Waals surface area contributed by atoms with E-state index in [2.05, 4.69) is 0 Å². The van der Waals surface area contributed by atoms with Crippen LogP contribution in [0.1, 0.15) is 86.5 Å². The van der Waals surface area contributed by atoms with Crippen LogP contribution in [0.4, 0.5) is 13.2 Å². The monoisotopic (exact) mass is 683 g/mol. The molecular formula is C36H48F3N7O3. The first-order chi connectivity index (χ1) is 23.2. The molecule has 2 saturated carbocycles. The van der Waals surface area contributed by atoms with Crippen molar-refractivity contribution in [2.45, 2.75) is 89.4 Å². The molecule has 2 atom stereocenters. The zero-order valence-corrected chi connectivity index (χ0v) is 27.8. The summed E-state index contributed by atoms with van der Waals surface area (Å²) in [6, 6.07) is 12.0. The molecule has 0 radical (unpaired) electrons. The normalized spacial score (nSPS) is 17.1. The van der Waals surface area contributed by atoms with Gasteiger partial charge in [0.05, 0.1) is 6.54 Å². The maximum atomic E-state index is 14.6. The number of amides is 3. The Balaban J connectivity index is 1.77. The van der Waals surface area contributed by atoms with Gasteiger partial charge in [-0.3, -0.25) is 25.2 Å². The minimum absolute atomic E-state index is 0.0305. The van der Waals surface area contributed by atoms with Crippen LogP contribution in [0.25, 0.3) is 0 Å². The smallest absolute Gasteiger partial charge is 0.384 e. The molecule has 1 unspecified atom stereocenters. The van der Waals surface area contributed by atoms with Crippen molar-refractivity contribution < 1.29 is 27.6 Å². The average Bonchev–Trinajstić information content (AvgIpc) is 3.07. The van der Waals surface area contributed by atoms with Crippen LogP contribution in [-0.4, -0.2) is 64.5 Å². The van der Waals surface area contributed by atoms with Gasteiger partial charge in [-0.15, -0.1) is 0 Å². The van der Waals surface area contributed by atoms with E-state index in [0.29, 0.717) is 48.8 Å². The first-order valence-electron chi connectivity index (χ1n) is 17.1. The van der Waals surface area contributed by atoms with Crippen molar-refractivity contribution in [3.63, 3.8) is 0 Å². The molecule has 8 N–H and O–H groups in total. The minimum Gasteiger partial charge on any atom is -0.384 e. The number of nitrogens with zero attached hydrogens (tertiary/aromatic N) is 2. The van der Waals surface area contributed by atoms with Crippen LogP contribution in [0.15, 0.2) is 48.5 Å². The van der Waals surface area contributed by atoms with Crippen molar-refractivity contribution in [2.24, 2.45) is 35.0 Å². The fraction of sp³-hybridized carbons (Fsp3) is 0.528. The molecule has 4 rings (SSSR count). The lowest BCUT2D eigenvalue weighted by atomic mass is 9.76. The van der Waals surface area contributed by atoms with Gasteiger partial charge < -0.3 is 27.0 Å². The molecule has 2 aliphatic carbocycles. The minimum atomic E-state index is -5.24. The molecule has 0 bridgehead atoms. The first kappa shape index (κ1) is 37.4. The van der Waals surface area contributed by atoms with E-state index < -0.39 is 42.4 Å². The Hall–Kier alpha value is -4.42. The van der Waals surface area contributed by atoms with Crippen LogP contribution in [0.2, 0.25) is 0 Å². The summed E-state index contributed by atoms with van der Waals surface area (Å²) in [6.07, 6.45) is 2.80. The zero-order valence-electron chi connectivity index (χ0n) is 27.8. The van der Waals surface area contributed by atoms with Gasteiger partial charge in [-0.25, -0.2) is 0 Å². The fourth-order valence-corrected chi connectivity index (χ4v) is 7.53. The molecule has 2 aromatic carbocycles. The van der Waals surface area contributed by atoms with E-state index in [1.807, 2.05) is 0 Å². The fourth-order valence-electron chi connectivity index (χ4n) is 7.53. The number of benzene rings is 2. The van der Waals surface area contributed by atoms with Crippen LogP contribution < -0.4 is 17.2 Å². The Morgan fingerprint density at radius 1 is 0.776 bits per heavy atom. The van der Waals surface area contributed by atoms with Gasteiger partial charge in [0.15, 0.2) is 0 Å². The summed E-state index contributed by atoms with van der Waals surface area (Å²) in [7, 11) is 0. The van der Waals surface area contributed by atoms with E-state index in [-0.39, 0.29) is 36.6 Å². The molecule has 2 aliphatic rings. The highest BCUT2D eigenvalue weighted by molar-refractivity contribution is 5.95. The number of carbonyl (C=O) groups excluding carboxylic acids is 3. The maximum Gasteiger partial charge on any atom is 0.471 e. The summed E-state index contributed by atoms with van der Waals surface area (Å²) in [5, 5.41) is 15.5. The molecule has 0 aliphatic heterocycles. The second-order valence-corrected chi connectivity index (χ2v) is 13.5. The zero-order chi connectivity index (χ0) is 35.7. The third-order valence-electron chi connectivity index (χ3n) is 9.97. The molecular weight excluding hydrogens is 635 g/mol. The molecule has 13 heteroatoms. The third kappa shape index (κ3) is 10.3. The number of primary amides is 1. The number of amidine groups is 2. The highest BCUT2D eigenvalue weighted by atomic mass is 19.4. The van der Waals surface area contributed by atoms with Crippen molar-refractivity contribution in [1.82, 2.24) is 9.80 Å². The molecule has 3 amide bonds. The van der Waals surface area contributed by atoms with Gasteiger partial charge in [0, 0.05) is 24.2 Å². The first-order valence-corrected chi connectivity index (χ1v) is 17.1. The van der Waals surface area contributed by atoms with Crippen LogP contribution >= 0.6 is 0 Å². The number of hydrogen-bond acceptors (Lipinski definition) is 5. The Kier molecular flexibility index (Phi) is 12.8. The van der Waals surface area contributed by atoms with E-state index in [1.165, 1.54) is 0 Å². The summed E-state index contributed by atoms with van der Waals surface area (Å²) in [5.41, 5.74) is 19.1. The number of alkyl halides is 3. The topological polar surface area (TPSA) is 183 Å². The highest BCUT2D eigenvalue weighted by Gasteiger charge is 2.50. The maximum absolute atomic E-state index is 14.6. The predicted molar refractivity (Wildman–Crippen MR) is 181 cm³/mol. The SMILES string of the molecule is N=C(N)c1ccc(C[C@H](CN(C(=O)C(F)(F)F)C(C(=O)N(CC(N)=O)Cc2cccc(C(=N)N)c2)C2CCCCC2)C2CCCCC2)cc1. The van der Waals surface area contributed by atoms with Crippen molar-refractivity contribution >= 4 is 29.4 Å². The lowest BCUT2D eigenvalue weighted by molar-refractivity contribution is -0.192. The lowest BCUT2D eigenvalue weighted by Gasteiger charge is -2.43. The quantitative estimate of drug-likeness (QED) is 0.141. The van der Waals surface area contributed by atoms with Gasteiger partial charge in [-0.1, -0.05) is 93.8 Å². The van der Waals surface area contributed by atoms with E-state index in [4.69, 9.17) is 28.0 Å². The molecule has 266 valence electrons. The average molecular weight is 684 g/mol. The summed E-state index contributed by atoms with van der Waals surface area (Å²) in [4.78, 5) is 42.4. The van der Waals surface area contributed by atoms with Crippen LogP contribution in [-0.2, 0) is 27.3 Å². The number of nitrogens with two attached hydrogens (primary N) is 3. The molecule has 49 heavy (non-hydrogen) atoms. The largest absolute Gasteiger partial charge is 0.471 e. The van der Waals surface area contributed by atoms with Gasteiger partial charge in [0.25, 0.3) is 0 Å². The number of rotatable bonds is 14. The summed E-state index contributed by atoms with van der Waals surface area (Å²) >= 11 is 0. The van der Waals surface area contributed by atoms with Crippen molar-refractivity contribution in [3.8, 4) is 0 Å². The van der Waals surface area contributed by atoms with Gasteiger partial charge in [0.2, 0.25) is 11.8 Å². The van der Waals surface area contributed by atoms with Gasteiger partial charge in [-0.05, 0) is 54.2 Å². The number of hydrogen-bond donors (Lipinski definition) is 5. The summed E-state index contributed by atoms with van der Waals surface area (Å²) < 4.78 is 43.7. The Morgan fingerprint density at radius 3 is 1.88 bits per heavy atom. The Bertz CT molecular complexity index is 1490. The molecule has 10 nitrogen and oxygen atoms in total. The van der Waals surface area contributed by atoms with Gasteiger partial charge in [-0.2, -0.15) is 13.2 Å². The Labute approximate surface area is 285 Å². The Morgan fingerprint density at radius 2 is 1.35 bits per heavy atom. The number of nitrogen functional groups attached to an aromatic ring is 2. The van der Waals surface area contributed by atoms with Crippen LogP contribution in [0, 0.1) is 28.6 Å². The number of nitrogens with one attached hydrogen (secondary N) is 2. The van der Waals surface area contributed by atoms with Crippen molar-refractivity contribution in [1.29, 1.82) is 10.8 Å². The van der Waals surface area contributed by atoms with Gasteiger partial charge >= 0.3 is 12.1 Å². The molecule has 0 aromatic heterocycles. The molecule has 2 aromatic rings. The molecule has 2 fully saturated rings. The predicted octanol–water partition coefficient (Wildman–Crippen LogP) is 4.85. The third-order valence-corrected chi connectivity index (χ3v) is 9.97. The van der Waals surface area contributed by atoms with Crippen LogP contribution in [0.3, 0.4) is 0 Å². The van der Waals surface area contributed by atoms with Crippen molar-refractivity contribution in [3.05, 3.63) is 70.8 Å². The lowest BCUT2D eigenvalue weighted by Crippen LogP contribution is -2.59. The molecule has 0 spiro atoms. The standard InChI is InChI=1S/C36H48F3N7O3/c37-36(38,39)35(49)46(21-29(25-9-3-1-4-10-25)18-23-14-16-27(17-15-23)32(41)42)31(26-11-5-2-6-12-26)34(48)45(22-30(40)47)20-24-8-7-13-28(19-24)33(43)44/h7-8,13-17,19,25-26,29,31H,1-6,9-12,18,20-22H2,(H2,40,47)(H3,41,42)(H3,43,44)/t29-,31?/m1/s1. The highest BCUT2D eigenvalue weighted by Crippen LogP contribution is 2.37. The van der Waals surface area contributed by atoms with Gasteiger partial charge in [0.1, 0.15) is 17.7 Å². The van der Waals surface area contributed by atoms with E-state index in [0.717, 1.165) is 53.9 Å². The number of halogens is 3. The second kappa shape index (κ2) is 16.8. The van der Waals surface area contributed by atoms with Crippen LogP contribution in [0.5, 0.6) is 0 Å². The van der Waals surface area contributed by atoms with Crippen molar-refractivity contribution in [2.75, 3.05) is 13.1 Å². The molecule has 0 heterocycles. The molecule has 0 saturated heterocycles. The van der Waals surface area contributed by atoms with E-state index in [9.17, 15) is 27.6 Å². The summed E-state index contributed by atoms with van der Waals surface area (Å²) in [6.45, 7) is -1.02. The van der Waals surface area contributed by atoms with E-state index >= 15 is 0 Å².